The van der Waals surface area contributed by atoms with Crippen LogP contribution in [-0.4, -0.2) is 73.4 Å². The molecule has 0 bridgehead atoms. The highest BCUT2D eigenvalue weighted by Gasteiger charge is 2.43. The average molecular weight is 718 g/mol. The smallest absolute Gasteiger partial charge is 0.417 e. The Morgan fingerprint density at radius 3 is 2.45 bits per heavy atom. The molecule has 2 aliphatic rings. The van der Waals surface area contributed by atoms with Gasteiger partial charge in [-0.05, 0) is 80.5 Å². The molecule has 0 radical (unpaired) electrons. The Kier molecular flexibility index (Phi) is 13.5. The van der Waals surface area contributed by atoms with Crippen molar-refractivity contribution in [3.63, 3.8) is 0 Å². The Balaban J connectivity index is 1.34. The lowest BCUT2D eigenvalue weighted by Gasteiger charge is -2.33. The molecule has 272 valence electrons. The summed E-state index contributed by atoms with van der Waals surface area (Å²) in [4.78, 5) is 58.7. The Morgan fingerprint density at radius 1 is 0.961 bits per heavy atom. The number of methoxy groups -OCH3 is 1. The van der Waals surface area contributed by atoms with Gasteiger partial charge in [-0.2, -0.15) is 0 Å². The van der Waals surface area contributed by atoms with Crippen molar-refractivity contribution in [2.24, 2.45) is 11.7 Å². The third-order valence-corrected chi connectivity index (χ3v) is 9.87. The van der Waals surface area contributed by atoms with Crippen LogP contribution in [0.15, 0.2) is 82.6 Å². The number of carbonyl (C=O) groups excluding carboxylic acids is 4. The second-order valence-corrected chi connectivity index (χ2v) is 14.1. The van der Waals surface area contributed by atoms with Crippen LogP contribution in [0.1, 0.15) is 61.9 Å². The number of nitrogens with two attached hydrogens (primary N) is 1. The fourth-order valence-electron chi connectivity index (χ4n) is 6.12. The largest absolute Gasteiger partial charge is 0.444 e. The quantitative estimate of drug-likeness (QED) is 0.114. The van der Waals surface area contributed by atoms with Crippen molar-refractivity contribution >= 4 is 47.0 Å². The van der Waals surface area contributed by atoms with E-state index >= 15 is 0 Å². The van der Waals surface area contributed by atoms with Crippen LogP contribution in [0.3, 0.4) is 0 Å². The van der Waals surface area contributed by atoms with Gasteiger partial charge in [-0.3, -0.25) is 14.4 Å². The molecule has 2 aliphatic heterocycles. The number of imide groups is 1. The second kappa shape index (κ2) is 18.2. The lowest BCUT2D eigenvalue weighted by molar-refractivity contribution is -0.148. The molecule has 1 fully saturated rings. The molecule has 51 heavy (non-hydrogen) atoms. The van der Waals surface area contributed by atoms with Crippen LogP contribution in [-0.2, 0) is 30.4 Å². The number of amides is 4. The van der Waals surface area contributed by atoms with E-state index in [1.54, 1.807) is 23.9 Å². The maximum absolute atomic E-state index is 14.4. The van der Waals surface area contributed by atoms with Gasteiger partial charge in [-0.25, -0.2) is 9.69 Å². The number of ether oxygens (including phenoxy) is 3. The Labute approximate surface area is 303 Å². The third kappa shape index (κ3) is 9.88. The summed E-state index contributed by atoms with van der Waals surface area (Å²) in [6, 6.07) is 19.6. The summed E-state index contributed by atoms with van der Waals surface area (Å²) in [5, 5.41) is 9.16. The highest BCUT2D eigenvalue weighted by atomic mass is 32.2. The van der Waals surface area contributed by atoms with Crippen molar-refractivity contribution in [2.75, 3.05) is 25.6 Å². The van der Waals surface area contributed by atoms with Gasteiger partial charge in [0.25, 0.3) is 11.8 Å². The van der Waals surface area contributed by atoms with Crippen molar-refractivity contribution in [1.29, 1.82) is 0 Å². The molecule has 1 saturated heterocycles. The summed E-state index contributed by atoms with van der Waals surface area (Å²) in [6.07, 6.45) is 0.378. The minimum atomic E-state index is -1.10. The van der Waals surface area contributed by atoms with E-state index in [2.05, 4.69) is 16.0 Å². The summed E-state index contributed by atoms with van der Waals surface area (Å²) in [7, 11) is 1.44. The Morgan fingerprint density at radius 2 is 1.71 bits per heavy atom. The fraction of sp³-hybridized carbons (Fsp3) is 0.421. The molecule has 0 spiro atoms. The summed E-state index contributed by atoms with van der Waals surface area (Å²) < 4.78 is 16.7. The number of anilines is 2. The molecule has 0 saturated carbocycles. The van der Waals surface area contributed by atoms with Crippen LogP contribution in [0.25, 0.3) is 0 Å². The van der Waals surface area contributed by atoms with Crippen molar-refractivity contribution in [3.05, 3.63) is 83.9 Å². The van der Waals surface area contributed by atoms with E-state index < -0.39 is 48.2 Å². The molecule has 12 nitrogen and oxygen atoms in total. The van der Waals surface area contributed by atoms with Gasteiger partial charge in [0.15, 0.2) is 6.29 Å². The van der Waals surface area contributed by atoms with Crippen LogP contribution in [0.5, 0.6) is 0 Å². The van der Waals surface area contributed by atoms with E-state index in [9.17, 15) is 19.2 Å². The number of rotatable bonds is 15. The van der Waals surface area contributed by atoms with E-state index in [-0.39, 0.29) is 25.6 Å². The summed E-state index contributed by atoms with van der Waals surface area (Å²) in [5.74, 6) is -1.64. The van der Waals surface area contributed by atoms with Crippen LogP contribution < -0.4 is 21.7 Å². The first kappa shape index (κ1) is 37.8. The predicted molar refractivity (Wildman–Crippen MR) is 194 cm³/mol. The first-order chi connectivity index (χ1) is 24.7. The maximum atomic E-state index is 14.4. The minimum Gasteiger partial charge on any atom is -0.444 e. The van der Waals surface area contributed by atoms with Crippen molar-refractivity contribution < 1.29 is 33.4 Å². The normalized spacial score (nSPS) is 17.4. The SMILES string of the molecule is COC1OCC[C@@H]1N(C(=O)OCc1ccccc1)C(=O)[C@H](CC(C)C)NC(=O)[C@H](CCCCN)NC(=O)c1ccc2c(c1)Nc1ccccc1S2. The Bertz CT molecular complexity index is 1670. The highest BCUT2D eigenvalue weighted by molar-refractivity contribution is 7.99. The second-order valence-electron chi connectivity index (χ2n) is 13.0. The highest BCUT2D eigenvalue weighted by Crippen LogP contribution is 2.44. The molecule has 2 heterocycles. The van der Waals surface area contributed by atoms with E-state index in [0.29, 0.717) is 37.8 Å². The number of benzene rings is 3. The lowest BCUT2D eigenvalue weighted by Crippen LogP contribution is -2.58. The summed E-state index contributed by atoms with van der Waals surface area (Å²) in [6.45, 7) is 4.49. The number of carbonyl (C=O) groups is 4. The van der Waals surface area contributed by atoms with E-state index in [4.69, 9.17) is 19.9 Å². The van der Waals surface area contributed by atoms with Gasteiger partial charge in [-0.1, -0.05) is 68.1 Å². The van der Waals surface area contributed by atoms with Crippen LogP contribution in [0, 0.1) is 5.92 Å². The van der Waals surface area contributed by atoms with E-state index in [1.165, 1.54) is 7.11 Å². The number of nitrogens with zero attached hydrogens (tertiary/aromatic N) is 1. The van der Waals surface area contributed by atoms with Gasteiger partial charge in [0.2, 0.25) is 5.91 Å². The standard InChI is InChI=1S/C38H47N5O7S/c1-24(2)21-30(36(46)43(31-18-20-49-37(31)48-3)38(47)50-23-25-11-5-4-6-12-25)42-35(45)28(14-9-10-19-39)41-34(44)26-16-17-33-29(22-26)40-27-13-7-8-15-32(27)51-33/h4-8,11-13,15-17,22,24,28,30-31,37,40H,9-10,14,18-21,23,39H2,1-3H3,(H,41,44)(H,42,45)/t28-,30-,31-,37?/m0/s1. The average Bonchev–Trinajstić information content (AvgIpc) is 3.60. The summed E-state index contributed by atoms with van der Waals surface area (Å²) >= 11 is 1.61. The topological polar surface area (TPSA) is 161 Å². The monoisotopic (exact) mass is 717 g/mol. The lowest BCUT2D eigenvalue weighted by atomic mass is 10.00. The molecule has 13 heteroatoms. The van der Waals surface area contributed by atoms with E-state index in [1.807, 2.05) is 74.5 Å². The molecule has 3 aromatic carbocycles. The van der Waals surface area contributed by atoms with Crippen LogP contribution >= 0.6 is 11.8 Å². The number of unbranched alkanes of at least 4 members (excludes halogenated alkanes) is 1. The number of hydrogen-bond acceptors (Lipinski definition) is 10. The van der Waals surface area contributed by atoms with Gasteiger partial charge in [0.05, 0.1) is 24.0 Å². The number of hydrogen-bond donors (Lipinski definition) is 4. The Hall–Kier alpha value is -4.43. The predicted octanol–water partition coefficient (Wildman–Crippen LogP) is 5.58. The zero-order chi connectivity index (χ0) is 36.3. The van der Waals surface area contributed by atoms with Crippen LogP contribution in [0.4, 0.5) is 16.2 Å². The van der Waals surface area contributed by atoms with Crippen molar-refractivity contribution in [2.45, 2.75) is 86.8 Å². The number of para-hydroxylation sites is 1. The molecular formula is C38H47N5O7S. The molecule has 4 atom stereocenters. The molecular weight excluding hydrogens is 671 g/mol. The number of nitrogens with one attached hydrogen (secondary N) is 3. The van der Waals surface area contributed by atoms with Gasteiger partial charge in [0.1, 0.15) is 18.7 Å². The molecule has 5 rings (SSSR count). The van der Waals surface area contributed by atoms with Gasteiger partial charge in [-0.15, -0.1) is 0 Å². The van der Waals surface area contributed by atoms with Gasteiger partial charge < -0.3 is 35.9 Å². The maximum Gasteiger partial charge on any atom is 0.417 e. The minimum absolute atomic E-state index is 0.0317. The van der Waals surface area contributed by atoms with Gasteiger partial charge in [0, 0.05) is 22.5 Å². The number of fused-ring (bicyclic) bond motifs is 2. The zero-order valence-corrected chi connectivity index (χ0v) is 30.1. The van der Waals surface area contributed by atoms with Crippen molar-refractivity contribution in [3.8, 4) is 0 Å². The van der Waals surface area contributed by atoms with Crippen molar-refractivity contribution in [1.82, 2.24) is 15.5 Å². The summed E-state index contributed by atoms with van der Waals surface area (Å²) in [5.41, 5.74) is 8.63. The third-order valence-electron chi connectivity index (χ3n) is 8.72. The first-order valence-electron chi connectivity index (χ1n) is 17.4. The zero-order valence-electron chi connectivity index (χ0n) is 29.3. The van der Waals surface area contributed by atoms with Gasteiger partial charge >= 0.3 is 6.09 Å². The molecule has 5 N–H and O–H groups in total. The van der Waals surface area contributed by atoms with Crippen LogP contribution in [0.2, 0.25) is 0 Å². The van der Waals surface area contributed by atoms with E-state index in [0.717, 1.165) is 31.6 Å². The molecule has 0 aromatic heterocycles. The first-order valence-corrected chi connectivity index (χ1v) is 18.2. The molecule has 1 unspecified atom stereocenters. The molecule has 3 aromatic rings. The fourth-order valence-corrected chi connectivity index (χ4v) is 7.09. The molecule has 0 aliphatic carbocycles. The molecule has 4 amide bonds.